The molecular formula is C15H14Cl2N2O4. The number of nitrogens with zero attached hydrogens (tertiary/aromatic N) is 2. The molecule has 0 amide bonds. The summed E-state index contributed by atoms with van der Waals surface area (Å²) < 4.78 is 16.9. The first-order valence-corrected chi connectivity index (χ1v) is 7.18. The monoisotopic (exact) mass is 356 g/mol. The quantitative estimate of drug-likeness (QED) is 0.822. The third-order valence-electron chi connectivity index (χ3n) is 3.04. The standard InChI is InChI=1S/C15H14Cl2N2O4/c1-21-9-6-12(22-2)10(13(7-9)23-3)4-5-19-15(20)14(17)11(16)8-18-19/h4-8H,1-3H3/b5-4+. The van der Waals surface area contributed by atoms with Crippen molar-refractivity contribution in [1.29, 1.82) is 0 Å². The molecule has 1 aromatic carbocycles. The number of rotatable bonds is 5. The smallest absolute Gasteiger partial charge is 0.291 e. The predicted molar refractivity (Wildman–Crippen MR) is 89.8 cm³/mol. The van der Waals surface area contributed by atoms with Gasteiger partial charge in [0.25, 0.3) is 5.56 Å². The molecule has 0 saturated carbocycles. The molecular weight excluding hydrogens is 343 g/mol. The molecule has 0 unspecified atom stereocenters. The lowest BCUT2D eigenvalue weighted by Crippen LogP contribution is -2.18. The van der Waals surface area contributed by atoms with E-state index in [9.17, 15) is 4.79 Å². The van der Waals surface area contributed by atoms with E-state index in [1.807, 2.05) is 0 Å². The molecule has 0 radical (unpaired) electrons. The van der Waals surface area contributed by atoms with Crippen LogP contribution in [0, 0.1) is 0 Å². The SMILES string of the molecule is COc1cc(OC)c(/C=C/n2ncc(Cl)c(Cl)c2=O)c(OC)c1. The number of benzene rings is 1. The van der Waals surface area contributed by atoms with Crippen LogP contribution < -0.4 is 19.8 Å². The summed E-state index contributed by atoms with van der Waals surface area (Å²) in [5, 5.41) is 3.89. The van der Waals surface area contributed by atoms with Gasteiger partial charge in [0.15, 0.2) is 0 Å². The third-order valence-corrected chi connectivity index (χ3v) is 3.79. The number of hydrogen-bond donors (Lipinski definition) is 0. The maximum Gasteiger partial charge on any atom is 0.291 e. The second-order valence-corrected chi connectivity index (χ2v) is 5.10. The van der Waals surface area contributed by atoms with Crippen molar-refractivity contribution in [3.63, 3.8) is 0 Å². The van der Waals surface area contributed by atoms with E-state index < -0.39 is 5.56 Å². The molecule has 0 aliphatic heterocycles. The molecule has 8 heteroatoms. The highest BCUT2D eigenvalue weighted by Crippen LogP contribution is 2.35. The minimum Gasteiger partial charge on any atom is -0.496 e. The van der Waals surface area contributed by atoms with Gasteiger partial charge in [0.1, 0.15) is 22.3 Å². The number of aromatic nitrogens is 2. The Balaban J connectivity index is 2.51. The summed E-state index contributed by atoms with van der Waals surface area (Å²) >= 11 is 11.6. The van der Waals surface area contributed by atoms with Crippen molar-refractivity contribution in [2.75, 3.05) is 21.3 Å². The van der Waals surface area contributed by atoms with Gasteiger partial charge in [-0.3, -0.25) is 4.79 Å². The predicted octanol–water partition coefficient (Wildman–Crippen LogP) is 3.20. The lowest BCUT2D eigenvalue weighted by atomic mass is 10.1. The molecule has 0 atom stereocenters. The summed E-state index contributed by atoms with van der Waals surface area (Å²) in [6, 6.07) is 3.40. The largest absolute Gasteiger partial charge is 0.496 e. The summed E-state index contributed by atoms with van der Waals surface area (Å²) in [5.74, 6) is 1.62. The molecule has 0 saturated heterocycles. The van der Waals surface area contributed by atoms with Gasteiger partial charge in [0.05, 0.1) is 38.1 Å². The van der Waals surface area contributed by atoms with Gasteiger partial charge in [-0.2, -0.15) is 5.10 Å². The normalized spacial score (nSPS) is 10.8. The van der Waals surface area contributed by atoms with Crippen LogP contribution in [-0.4, -0.2) is 31.1 Å². The van der Waals surface area contributed by atoms with Crippen LogP contribution in [0.1, 0.15) is 5.56 Å². The van der Waals surface area contributed by atoms with Gasteiger partial charge >= 0.3 is 0 Å². The van der Waals surface area contributed by atoms with Crippen LogP contribution in [0.5, 0.6) is 17.2 Å². The van der Waals surface area contributed by atoms with Gasteiger partial charge < -0.3 is 14.2 Å². The highest BCUT2D eigenvalue weighted by Gasteiger charge is 2.11. The Morgan fingerprint density at radius 1 is 1.09 bits per heavy atom. The van der Waals surface area contributed by atoms with Gasteiger partial charge in [0, 0.05) is 18.3 Å². The van der Waals surface area contributed by atoms with E-state index in [0.29, 0.717) is 22.8 Å². The molecule has 1 aromatic heterocycles. The maximum atomic E-state index is 12.0. The average molecular weight is 357 g/mol. The van der Waals surface area contributed by atoms with Crippen LogP contribution in [0.3, 0.4) is 0 Å². The lowest BCUT2D eigenvalue weighted by Gasteiger charge is -2.12. The highest BCUT2D eigenvalue weighted by molar-refractivity contribution is 6.41. The second kappa shape index (κ2) is 7.39. The van der Waals surface area contributed by atoms with Crippen molar-refractivity contribution in [3.8, 4) is 17.2 Å². The Morgan fingerprint density at radius 2 is 1.70 bits per heavy atom. The zero-order valence-electron chi connectivity index (χ0n) is 12.7. The summed E-state index contributed by atoms with van der Waals surface area (Å²) in [7, 11) is 4.59. The first-order chi connectivity index (χ1) is 11.0. The van der Waals surface area contributed by atoms with Crippen LogP contribution in [0.15, 0.2) is 23.1 Å². The summed E-state index contributed by atoms with van der Waals surface area (Å²) in [6.45, 7) is 0. The van der Waals surface area contributed by atoms with Crippen molar-refractivity contribution < 1.29 is 14.2 Å². The van der Waals surface area contributed by atoms with Gasteiger partial charge in [-0.15, -0.1) is 0 Å². The minimum absolute atomic E-state index is 0.0972. The van der Waals surface area contributed by atoms with Crippen molar-refractivity contribution in [2.24, 2.45) is 0 Å². The molecule has 6 nitrogen and oxygen atoms in total. The lowest BCUT2D eigenvalue weighted by molar-refractivity contribution is 0.374. The number of ether oxygens (including phenoxy) is 3. The van der Waals surface area contributed by atoms with E-state index in [4.69, 9.17) is 37.4 Å². The molecule has 0 aliphatic carbocycles. The average Bonchev–Trinajstić information content (AvgIpc) is 2.58. The van der Waals surface area contributed by atoms with E-state index in [0.717, 1.165) is 4.68 Å². The highest BCUT2D eigenvalue weighted by atomic mass is 35.5. The molecule has 122 valence electrons. The zero-order chi connectivity index (χ0) is 17.0. The first-order valence-electron chi connectivity index (χ1n) is 6.42. The van der Waals surface area contributed by atoms with E-state index in [1.54, 1.807) is 25.3 Å². The Kier molecular flexibility index (Phi) is 5.52. The van der Waals surface area contributed by atoms with Crippen LogP contribution in [-0.2, 0) is 0 Å². The molecule has 0 fully saturated rings. The zero-order valence-corrected chi connectivity index (χ0v) is 14.2. The van der Waals surface area contributed by atoms with Gasteiger partial charge in [-0.25, -0.2) is 4.68 Å². The Labute approximate surface area is 142 Å². The maximum absolute atomic E-state index is 12.0. The number of halogens is 2. The summed E-state index contributed by atoms with van der Waals surface area (Å²) in [4.78, 5) is 12.0. The van der Waals surface area contributed by atoms with Crippen LogP contribution in [0.2, 0.25) is 10.0 Å². The second-order valence-electron chi connectivity index (χ2n) is 4.32. The Bertz CT molecular complexity index is 778. The Hall–Kier alpha value is -2.18. The topological polar surface area (TPSA) is 62.6 Å². The van der Waals surface area contributed by atoms with Gasteiger partial charge in [-0.05, 0) is 6.08 Å². The molecule has 0 aliphatic rings. The van der Waals surface area contributed by atoms with Crippen LogP contribution in [0.25, 0.3) is 12.3 Å². The molecule has 0 bridgehead atoms. The van der Waals surface area contributed by atoms with Crippen LogP contribution >= 0.6 is 23.2 Å². The third kappa shape index (κ3) is 3.60. The van der Waals surface area contributed by atoms with E-state index in [1.165, 1.54) is 26.6 Å². The fourth-order valence-electron chi connectivity index (χ4n) is 1.87. The fourth-order valence-corrected chi connectivity index (χ4v) is 2.13. The van der Waals surface area contributed by atoms with E-state index in [-0.39, 0.29) is 10.0 Å². The van der Waals surface area contributed by atoms with Crippen molar-refractivity contribution in [2.45, 2.75) is 0 Å². The first kappa shape index (κ1) is 17.2. The van der Waals surface area contributed by atoms with Crippen molar-refractivity contribution in [1.82, 2.24) is 9.78 Å². The molecule has 2 aromatic rings. The molecule has 1 heterocycles. The molecule has 0 spiro atoms. The van der Waals surface area contributed by atoms with Crippen molar-refractivity contribution >= 4 is 35.5 Å². The van der Waals surface area contributed by atoms with E-state index >= 15 is 0 Å². The summed E-state index contributed by atoms with van der Waals surface area (Å²) in [5.41, 5.74) is 0.0948. The number of hydrogen-bond acceptors (Lipinski definition) is 5. The molecule has 0 N–H and O–H groups in total. The minimum atomic E-state index is -0.526. The van der Waals surface area contributed by atoms with E-state index in [2.05, 4.69) is 5.10 Å². The Morgan fingerprint density at radius 3 is 2.22 bits per heavy atom. The number of methoxy groups -OCH3 is 3. The van der Waals surface area contributed by atoms with Crippen LogP contribution in [0.4, 0.5) is 0 Å². The van der Waals surface area contributed by atoms with Crippen molar-refractivity contribution in [3.05, 3.63) is 44.3 Å². The summed E-state index contributed by atoms with van der Waals surface area (Å²) in [6.07, 6.45) is 4.35. The van der Waals surface area contributed by atoms with Gasteiger partial charge in [0.2, 0.25) is 0 Å². The molecule has 2 rings (SSSR count). The van der Waals surface area contributed by atoms with Gasteiger partial charge in [-0.1, -0.05) is 23.2 Å². The molecule has 23 heavy (non-hydrogen) atoms. The fraction of sp³-hybridized carbons (Fsp3) is 0.200.